The van der Waals surface area contributed by atoms with Gasteiger partial charge < -0.3 is 78.7 Å². The summed E-state index contributed by atoms with van der Waals surface area (Å²) in [5.74, 6) is 1.10. The monoisotopic (exact) mass is 1240 g/mol. The van der Waals surface area contributed by atoms with Crippen molar-refractivity contribution >= 4 is 66.7 Å². The number of ketones is 7. The summed E-state index contributed by atoms with van der Waals surface area (Å²) < 4.78 is 1.38. The molecule has 0 aliphatic rings. The van der Waals surface area contributed by atoms with Crippen molar-refractivity contribution in [3.63, 3.8) is 0 Å². The number of Topliss-reactive ketones (excluding diaryl/α,β-unsaturated/α-hetero) is 7. The van der Waals surface area contributed by atoms with Gasteiger partial charge in [-0.25, -0.2) is 0 Å². The van der Waals surface area contributed by atoms with E-state index in [-0.39, 0.29) is 145 Å². The van der Waals surface area contributed by atoms with Gasteiger partial charge in [0.2, 0.25) is 0 Å². The van der Waals surface area contributed by atoms with Gasteiger partial charge in [-0.1, -0.05) is 53.9 Å². The van der Waals surface area contributed by atoms with E-state index in [1.165, 1.54) is 48.5 Å². The summed E-state index contributed by atoms with van der Waals surface area (Å²) >= 11 is 0. The van der Waals surface area contributed by atoms with Crippen molar-refractivity contribution in [1.82, 2.24) is 0 Å². The predicted octanol–water partition coefficient (Wildman–Crippen LogP) is 7.08. The average molecular weight is 1240 g/mol. The van der Waals surface area contributed by atoms with E-state index in [9.17, 15) is 64.2 Å². The Balaban J connectivity index is -0.0000000635. The van der Waals surface area contributed by atoms with Crippen molar-refractivity contribution in [2.45, 2.75) is 196 Å². The third-order valence-corrected chi connectivity index (χ3v) is 12.4. The normalized spacial score (nSPS) is 13.5. The second kappa shape index (κ2) is 54.7. The summed E-state index contributed by atoms with van der Waals surface area (Å²) in [5, 5.41) is 64.3. The molecule has 0 heterocycles. The standard InChI is InChI=1S/C9H18O2.2C8H18NO2.C8H18O2P.C8H18O2Si.C7H15O2S.C5H9O2.CH4.3CH3.Y/c3*1-7(10)5-8(11)6-9(2,3)4;2*1-7(9)5-8(10)6-11(2,3)4;1-6(8)4-7(9)5-10(2)3;1-4(6)3-5(2)7;;;;;/h3*8,11H,5-6H2,1-4H3;2*8,10H,5-6H2,1-4H3;7,9H,4-5H2,1-3H3;4,6H,1,3H2,2H3;1H4;3*1H3;/q;3*+1;;+1;-1;;3*-1;/t5*8-;7-;4-;;;;;/m0000001...../s1. The van der Waals surface area contributed by atoms with Crippen LogP contribution in [0, 0.1) is 34.6 Å². The second-order valence-corrected chi connectivity index (χ2v) is 37.8. The fraction of sp³-hybridized carbons (Fsp3) is 0.807. The number of likely N-dealkylation sites (N-methyl/N-ethyl adjacent to an activating group) is 2. The van der Waals surface area contributed by atoms with Crippen LogP contribution in [-0.4, -0.2) is 236 Å². The van der Waals surface area contributed by atoms with Crippen LogP contribution in [0.5, 0.6) is 0 Å². The minimum atomic E-state index is -1.19. The minimum Gasteiger partial charge on any atom is -0.425 e. The fourth-order valence-corrected chi connectivity index (χ4v) is 10.3. The number of nitrogens with zero attached hydrogens (tertiary/aromatic N) is 2. The molecule has 0 aliphatic heterocycles. The zero-order valence-corrected chi connectivity index (χ0v) is 59.3. The summed E-state index contributed by atoms with van der Waals surface area (Å²) in [7, 11) is 10.1. The number of aliphatic hydroxyl groups is 7. The van der Waals surface area contributed by atoms with Gasteiger partial charge in [-0.05, 0) is 77.2 Å². The second-order valence-electron chi connectivity index (χ2n) is 25.0. The molecule has 0 saturated carbocycles. The summed E-state index contributed by atoms with van der Waals surface area (Å²) in [5.41, 5.74) is 0.106. The first-order valence-corrected chi connectivity index (χ1v) is 33.9. The predicted molar refractivity (Wildman–Crippen MR) is 332 cm³/mol. The minimum absolute atomic E-state index is 0. The quantitative estimate of drug-likeness (QED) is 0.0159. The van der Waals surface area contributed by atoms with Gasteiger partial charge in [0.05, 0.1) is 79.3 Å². The molecule has 0 rings (SSSR count). The van der Waals surface area contributed by atoms with Gasteiger partial charge in [0, 0.05) is 113 Å². The molecule has 7 atom stereocenters. The van der Waals surface area contributed by atoms with Crippen molar-refractivity contribution < 1.29 is 111 Å². The van der Waals surface area contributed by atoms with E-state index in [2.05, 4.69) is 79.8 Å². The van der Waals surface area contributed by atoms with Crippen molar-refractivity contribution in [3.05, 3.63) is 29.2 Å². The molecule has 0 aromatic carbocycles. The molecule has 467 valence electrons. The maximum atomic E-state index is 10.6. The fourth-order valence-electron chi connectivity index (χ4n) is 6.41. The van der Waals surface area contributed by atoms with Crippen LogP contribution in [0.25, 0.3) is 0 Å². The molecule has 1 radical (unpaired) electrons. The third-order valence-electron chi connectivity index (χ3n) is 8.16. The molecule has 0 aliphatic carbocycles. The zero-order chi connectivity index (χ0) is 59.4. The number of quaternary nitrogens is 2. The molecule has 0 amide bonds. The number of aliphatic hydroxyl groups excluding tert-OH is 7. The number of hydrogen-bond donors (Lipinski definition) is 7. The molecule has 0 aromatic rings. The molecular formula is C57H127N2O14PSSiY. The van der Waals surface area contributed by atoms with Gasteiger partial charge in [-0.2, -0.15) is 0 Å². The number of rotatable bonds is 25. The van der Waals surface area contributed by atoms with Crippen molar-refractivity contribution in [1.29, 1.82) is 0 Å². The zero-order valence-electron chi connectivity index (χ0n) is 53.8. The van der Waals surface area contributed by atoms with Crippen LogP contribution in [0.1, 0.15) is 128 Å². The van der Waals surface area contributed by atoms with Crippen molar-refractivity contribution in [2.75, 3.05) is 99.8 Å². The largest absolute Gasteiger partial charge is 0.425 e. The van der Waals surface area contributed by atoms with Gasteiger partial charge >= 0.3 is 0 Å². The van der Waals surface area contributed by atoms with E-state index in [0.29, 0.717) is 47.7 Å². The maximum Gasteiger partial charge on any atom is 0.133 e. The van der Waals surface area contributed by atoms with Crippen LogP contribution < -0.4 is 0 Å². The number of carbonyl (C=O) groups is 7. The topological polar surface area (TPSA) is 261 Å². The van der Waals surface area contributed by atoms with Crippen LogP contribution in [0.4, 0.5) is 0 Å². The van der Waals surface area contributed by atoms with Crippen LogP contribution in [-0.2, 0) is 77.2 Å². The third kappa shape index (κ3) is 128. The molecule has 20 heteroatoms. The maximum absolute atomic E-state index is 10.6. The van der Waals surface area contributed by atoms with Gasteiger partial charge in [-0.3, -0.25) is 28.8 Å². The van der Waals surface area contributed by atoms with E-state index < -0.39 is 58.1 Å². The van der Waals surface area contributed by atoms with Gasteiger partial charge in [0.1, 0.15) is 77.6 Å². The summed E-state index contributed by atoms with van der Waals surface area (Å²) in [6.45, 7) is 34.2. The van der Waals surface area contributed by atoms with Crippen molar-refractivity contribution in [3.8, 4) is 0 Å². The Bertz CT molecular complexity index is 1290. The Labute approximate surface area is 505 Å². The first-order valence-electron chi connectivity index (χ1n) is 24.7. The van der Waals surface area contributed by atoms with Gasteiger partial charge in [0.15, 0.2) is 0 Å². The van der Waals surface area contributed by atoms with Crippen LogP contribution in [0.3, 0.4) is 0 Å². The first-order chi connectivity index (χ1) is 31.7. The number of hydrogen-bond acceptors (Lipinski definition) is 14. The summed E-state index contributed by atoms with van der Waals surface area (Å²) in [4.78, 5) is 73.4. The molecule has 0 fully saturated rings. The van der Waals surface area contributed by atoms with Gasteiger partial charge in [0.25, 0.3) is 0 Å². The average Bonchev–Trinajstić information content (AvgIpc) is 2.98. The number of carbonyl (C=O) groups excluding carboxylic acids is 7. The van der Waals surface area contributed by atoms with Crippen LogP contribution in [0.15, 0.2) is 0 Å². The Morgan fingerprint density at radius 1 is 0.494 bits per heavy atom. The molecule has 16 nitrogen and oxygen atoms in total. The molecule has 7 N–H and O–H groups in total. The summed E-state index contributed by atoms with van der Waals surface area (Å²) in [6, 6.07) is 0.826. The van der Waals surface area contributed by atoms with E-state index in [0.717, 1.165) is 18.0 Å². The first kappa shape index (κ1) is 105. The Morgan fingerprint density at radius 3 is 0.935 bits per heavy atom. The Morgan fingerprint density at radius 2 is 0.740 bits per heavy atom. The smallest absolute Gasteiger partial charge is 0.133 e. The molecule has 0 saturated heterocycles. The van der Waals surface area contributed by atoms with Crippen molar-refractivity contribution in [2.24, 2.45) is 5.41 Å². The molecule has 0 bridgehead atoms. The van der Waals surface area contributed by atoms with E-state index in [4.69, 9.17) is 5.11 Å². The van der Waals surface area contributed by atoms with Crippen LogP contribution >= 0.6 is 7.26 Å². The molecular weight excluding hydrogens is 1120 g/mol. The van der Waals surface area contributed by atoms with Gasteiger partial charge in [-0.15, -0.1) is 0 Å². The molecule has 0 spiro atoms. The van der Waals surface area contributed by atoms with E-state index in [1.54, 1.807) is 0 Å². The van der Waals surface area contributed by atoms with E-state index in [1.807, 2.05) is 42.3 Å². The van der Waals surface area contributed by atoms with E-state index >= 15 is 0 Å². The summed E-state index contributed by atoms with van der Waals surface area (Å²) in [6.07, 6.45) is 4.14. The Kier molecular flexibility index (Phi) is 74.4. The SMILES string of the molecule is C.CC(=O)C[C@H](O)CC(C)(C)C.CC(=O)C[C@H](O)C[N+](C)(C)C.CC(=O)C[C@H](O)C[N+](C)(C)C.CC(=O)C[C@H](O)C[P+](C)(C)C.CC(=O)C[C@H](O)C[S+](C)C.CC(=O)C[C@H](O)C[Si](C)(C)C.[CH2-][C@@H](O)CC(C)=O.[CH3-].[CH3-].[CH3-].[Y]. The van der Waals surface area contributed by atoms with Crippen LogP contribution in [0.2, 0.25) is 25.7 Å². The Hall–Kier alpha value is -0.569. The molecule has 0 aromatic heterocycles. The molecule has 77 heavy (non-hydrogen) atoms. The molecule has 0 unspecified atom stereocenters.